The van der Waals surface area contributed by atoms with Crippen molar-refractivity contribution in [3.8, 4) is 11.5 Å². The van der Waals surface area contributed by atoms with E-state index in [2.05, 4.69) is 5.32 Å². The van der Waals surface area contributed by atoms with Gasteiger partial charge in [-0.15, -0.1) is 0 Å². The van der Waals surface area contributed by atoms with Gasteiger partial charge in [0.15, 0.2) is 17.6 Å². The predicted octanol–water partition coefficient (Wildman–Crippen LogP) is 1.85. The van der Waals surface area contributed by atoms with Crippen molar-refractivity contribution < 1.29 is 14.3 Å². The molecule has 6 heteroatoms. The first-order chi connectivity index (χ1) is 9.55. The van der Waals surface area contributed by atoms with Crippen LogP contribution < -0.4 is 20.5 Å². The Balaban J connectivity index is 2.12. The van der Waals surface area contributed by atoms with Crippen LogP contribution in [0.15, 0.2) is 12.1 Å². The van der Waals surface area contributed by atoms with E-state index in [4.69, 9.17) is 26.8 Å². The first-order valence-corrected chi connectivity index (χ1v) is 6.96. The summed E-state index contributed by atoms with van der Waals surface area (Å²) >= 11 is 6.17. The highest BCUT2D eigenvalue weighted by Gasteiger charge is 2.27. The molecule has 0 saturated heterocycles. The van der Waals surface area contributed by atoms with Crippen molar-refractivity contribution in [2.24, 2.45) is 5.73 Å². The van der Waals surface area contributed by atoms with Gasteiger partial charge in [0.1, 0.15) is 0 Å². The van der Waals surface area contributed by atoms with Crippen molar-refractivity contribution in [2.75, 3.05) is 7.11 Å². The predicted molar refractivity (Wildman–Crippen MR) is 77.2 cm³/mol. The third kappa shape index (κ3) is 3.55. The van der Waals surface area contributed by atoms with E-state index in [0.717, 1.165) is 18.4 Å². The van der Waals surface area contributed by atoms with Crippen LogP contribution in [0.2, 0.25) is 5.02 Å². The van der Waals surface area contributed by atoms with Crippen LogP contribution in [0.3, 0.4) is 0 Å². The molecule has 1 fully saturated rings. The number of nitrogens with two attached hydrogens (primary N) is 1. The molecule has 1 amide bonds. The average molecular weight is 299 g/mol. The number of halogens is 1. The number of carbonyl (C=O) groups is 1. The fourth-order valence-corrected chi connectivity index (χ4v) is 2.06. The molecule has 0 spiro atoms. The van der Waals surface area contributed by atoms with Crippen molar-refractivity contribution in [1.29, 1.82) is 0 Å². The number of ether oxygens (including phenoxy) is 2. The average Bonchev–Trinajstić information content (AvgIpc) is 3.24. The lowest BCUT2D eigenvalue weighted by Gasteiger charge is -2.18. The summed E-state index contributed by atoms with van der Waals surface area (Å²) in [7, 11) is 1.52. The summed E-state index contributed by atoms with van der Waals surface area (Å²) in [5, 5.41) is 3.27. The van der Waals surface area contributed by atoms with Crippen LogP contribution >= 0.6 is 11.6 Å². The molecule has 1 atom stereocenters. The van der Waals surface area contributed by atoms with Gasteiger partial charge in [0.05, 0.1) is 12.1 Å². The summed E-state index contributed by atoms with van der Waals surface area (Å²) in [5.74, 6) is 0.697. The summed E-state index contributed by atoms with van der Waals surface area (Å²) in [6.45, 7) is 2.04. The maximum Gasteiger partial charge on any atom is 0.260 e. The Labute approximate surface area is 123 Å². The van der Waals surface area contributed by atoms with E-state index in [1.807, 2.05) is 0 Å². The molecule has 0 aliphatic heterocycles. The molecule has 1 aliphatic rings. The standard InChI is InChI=1S/C14H19ClN2O3/c1-8(14(18)17-10-3-4-10)20-13-11(15)5-9(7-16)6-12(13)19-2/h5-6,8,10H,3-4,7,16H2,1-2H3,(H,17,18). The van der Waals surface area contributed by atoms with Gasteiger partial charge in [-0.1, -0.05) is 11.6 Å². The van der Waals surface area contributed by atoms with Crippen molar-refractivity contribution in [1.82, 2.24) is 5.32 Å². The van der Waals surface area contributed by atoms with Gasteiger partial charge < -0.3 is 20.5 Å². The van der Waals surface area contributed by atoms with Crippen LogP contribution in [0.25, 0.3) is 0 Å². The largest absolute Gasteiger partial charge is 0.493 e. The van der Waals surface area contributed by atoms with E-state index in [1.165, 1.54) is 7.11 Å². The van der Waals surface area contributed by atoms with Crippen molar-refractivity contribution in [3.63, 3.8) is 0 Å². The Kier molecular flexibility index (Phi) is 4.73. The Morgan fingerprint density at radius 3 is 2.80 bits per heavy atom. The van der Waals surface area contributed by atoms with E-state index >= 15 is 0 Å². The molecule has 0 radical (unpaired) electrons. The summed E-state index contributed by atoms with van der Waals surface area (Å²) < 4.78 is 10.9. The number of hydrogen-bond donors (Lipinski definition) is 2. The number of methoxy groups -OCH3 is 1. The highest BCUT2D eigenvalue weighted by Crippen LogP contribution is 2.37. The summed E-state index contributed by atoms with van der Waals surface area (Å²) in [6.07, 6.45) is 1.44. The number of benzene rings is 1. The Morgan fingerprint density at radius 1 is 1.55 bits per heavy atom. The first-order valence-electron chi connectivity index (χ1n) is 6.58. The minimum absolute atomic E-state index is 0.145. The lowest BCUT2D eigenvalue weighted by Crippen LogP contribution is -2.37. The fraction of sp³-hybridized carbons (Fsp3) is 0.500. The molecule has 0 aromatic heterocycles. The molecule has 0 bridgehead atoms. The SMILES string of the molecule is COc1cc(CN)cc(Cl)c1OC(C)C(=O)NC1CC1. The second-order valence-electron chi connectivity index (χ2n) is 4.86. The molecule has 1 unspecified atom stereocenters. The summed E-state index contributed by atoms with van der Waals surface area (Å²) in [5.41, 5.74) is 6.43. The molecule has 110 valence electrons. The first kappa shape index (κ1) is 14.9. The Hall–Kier alpha value is -1.46. The van der Waals surface area contributed by atoms with Gasteiger partial charge in [0.2, 0.25) is 0 Å². The van der Waals surface area contributed by atoms with E-state index in [9.17, 15) is 4.79 Å². The van der Waals surface area contributed by atoms with Crippen molar-refractivity contribution in [3.05, 3.63) is 22.7 Å². The zero-order valence-corrected chi connectivity index (χ0v) is 12.4. The van der Waals surface area contributed by atoms with Gasteiger partial charge in [-0.25, -0.2) is 0 Å². The highest BCUT2D eigenvalue weighted by molar-refractivity contribution is 6.32. The van der Waals surface area contributed by atoms with Crippen molar-refractivity contribution >= 4 is 17.5 Å². The number of amides is 1. The van der Waals surface area contributed by atoms with Gasteiger partial charge in [-0.3, -0.25) is 4.79 Å². The molecule has 5 nitrogen and oxygen atoms in total. The Bertz CT molecular complexity index is 503. The zero-order valence-electron chi connectivity index (χ0n) is 11.6. The van der Waals surface area contributed by atoms with Crippen LogP contribution in [0.4, 0.5) is 0 Å². The van der Waals surface area contributed by atoms with Crippen LogP contribution in [0, 0.1) is 0 Å². The number of carbonyl (C=O) groups excluding carboxylic acids is 1. The summed E-state index contributed by atoms with van der Waals surface area (Å²) in [4.78, 5) is 11.9. The quantitative estimate of drug-likeness (QED) is 0.840. The van der Waals surface area contributed by atoms with Gasteiger partial charge in [0.25, 0.3) is 5.91 Å². The molecule has 1 aromatic rings. The second kappa shape index (κ2) is 6.33. The maximum absolute atomic E-state index is 11.9. The van der Waals surface area contributed by atoms with Crippen LogP contribution in [-0.2, 0) is 11.3 Å². The third-order valence-electron chi connectivity index (χ3n) is 3.11. The van der Waals surface area contributed by atoms with Gasteiger partial charge >= 0.3 is 0 Å². The van der Waals surface area contributed by atoms with Crippen LogP contribution in [-0.4, -0.2) is 25.2 Å². The molecule has 1 aromatic carbocycles. The lowest BCUT2D eigenvalue weighted by atomic mass is 10.2. The smallest absolute Gasteiger partial charge is 0.260 e. The van der Waals surface area contributed by atoms with Gasteiger partial charge in [0, 0.05) is 12.6 Å². The number of rotatable bonds is 6. The Morgan fingerprint density at radius 2 is 2.25 bits per heavy atom. The van der Waals surface area contributed by atoms with Crippen LogP contribution in [0.1, 0.15) is 25.3 Å². The number of nitrogens with one attached hydrogen (secondary N) is 1. The van der Waals surface area contributed by atoms with Crippen LogP contribution in [0.5, 0.6) is 11.5 Å². The van der Waals surface area contributed by atoms with E-state index in [-0.39, 0.29) is 5.91 Å². The molecule has 1 saturated carbocycles. The molecule has 1 aliphatic carbocycles. The maximum atomic E-state index is 11.9. The monoisotopic (exact) mass is 298 g/mol. The highest BCUT2D eigenvalue weighted by atomic mass is 35.5. The molecule has 3 N–H and O–H groups in total. The molecular formula is C14H19ClN2O3. The molecule has 0 heterocycles. The van der Waals surface area contributed by atoms with E-state index < -0.39 is 6.10 Å². The van der Waals surface area contributed by atoms with E-state index in [1.54, 1.807) is 19.1 Å². The summed E-state index contributed by atoms with van der Waals surface area (Å²) in [6, 6.07) is 3.77. The second-order valence-corrected chi connectivity index (χ2v) is 5.26. The van der Waals surface area contributed by atoms with Crippen molar-refractivity contribution in [2.45, 2.75) is 38.5 Å². The number of hydrogen-bond acceptors (Lipinski definition) is 4. The molecule has 20 heavy (non-hydrogen) atoms. The fourth-order valence-electron chi connectivity index (χ4n) is 1.78. The topological polar surface area (TPSA) is 73.6 Å². The minimum atomic E-state index is -0.634. The normalized spacial score (nSPS) is 15.6. The van der Waals surface area contributed by atoms with Gasteiger partial charge in [-0.05, 0) is 37.5 Å². The lowest BCUT2D eigenvalue weighted by molar-refractivity contribution is -0.127. The molecule has 2 rings (SSSR count). The third-order valence-corrected chi connectivity index (χ3v) is 3.39. The van der Waals surface area contributed by atoms with Gasteiger partial charge in [-0.2, -0.15) is 0 Å². The van der Waals surface area contributed by atoms with E-state index in [0.29, 0.717) is 29.1 Å². The zero-order chi connectivity index (χ0) is 14.7. The molecular weight excluding hydrogens is 280 g/mol. The minimum Gasteiger partial charge on any atom is -0.493 e.